The van der Waals surface area contributed by atoms with E-state index in [4.69, 9.17) is 5.26 Å². The summed E-state index contributed by atoms with van der Waals surface area (Å²) in [7, 11) is 1.02. The monoisotopic (exact) mass is 271 g/mol. The Hall–Kier alpha value is -2.63. The van der Waals surface area contributed by atoms with Crippen LogP contribution in [0.5, 0.6) is 0 Å². The van der Waals surface area contributed by atoms with Gasteiger partial charge in [0.05, 0.1) is 24.0 Å². The Bertz CT molecular complexity index is 569. The van der Waals surface area contributed by atoms with Gasteiger partial charge in [0.2, 0.25) is 5.69 Å². The lowest BCUT2D eigenvalue weighted by Crippen LogP contribution is -2.12. The molecule has 0 amide bonds. The van der Waals surface area contributed by atoms with Gasteiger partial charge >= 0.3 is 11.7 Å². The number of ether oxygens (including phenoxy) is 1. The molecular weight excluding hydrogens is 264 g/mol. The van der Waals surface area contributed by atoms with Crippen molar-refractivity contribution in [1.82, 2.24) is 4.98 Å². The molecule has 1 aromatic heterocycles. The Morgan fingerprint density at radius 1 is 1.68 bits per heavy atom. The maximum absolute atomic E-state index is 12.8. The van der Waals surface area contributed by atoms with Crippen LogP contribution in [-0.4, -0.2) is 23.0 Å². The van der Waals surface area contributed by atoms with Crippen molar-refractivity contribution in [3.8, 4) is 6.07 Å². The summed E-state index contributed by atoms with van der Waals surface area (Å²) in [6.45, 7) is 0. The third-order valence-corrected chi connectivity index (χ3v) is 2.26. The standard InChI is InChI=1S/C10H7F2N3O4/c1-19-8(16)2-5-6(10(11)12)4-14-7(3-13)9(5)15(17)18/h4,10H,2H2,1H3. The Morgan fingerprint density at radius 2 is 2.32 bits per heavy atom. The number of carbonyl (C=O) groups is 1. The number of nitrogens with zero attached hydrogens (tertiary/aromatic N) is 3. The number of pyridine rings is 1. The number of halogens is 2. The normalized spacial score (nSPS) is 10.1. The Labute approximate surface area is 105 Å². The molecule has 0 saturated heterocycles. The number of nitriles is 1. The number of carbonyl (C=O) groups excluding carboxylic acids is 1. The van der Waals surface area contributed by atoms with Crippen molar-refractivity contribution in [3.63, 3.8) is 0 Å². The number of methoxy groups -OCH3 is 1. The molecule has 0 saturated carbocycles. The molecule has 0 aromatic carbocycles. The maximum Gasteiger partial charge on any atom is 0.310 e. The molecule has 0 radical (unpaired) electrons. The smallest absolute Gasteiger partial charge is 0.310 e. The zero-order valence-electron chi connectivity index (χ0n) is 9.59. The fraction of sp³-hybridized carbons (Fsp3) is 0.300. The molecule has 7 nitrogen and oxygen atoms in total. The predicted octanol–water partition coefficient (Wildman–Crippen LogP) is 1.51. The summed E-state index contributed by atoms with van der Waals surface area (Å²) in [5.74, 6) is -0.930. The van der Waals surface area contributed by atoms with Crippen molar-refractivity contribution in [2.24, 2.45) is 0 Å². The first-order valence-electron chi connectivity index (χ1n) is 4.83. The van der Waals surface area contributed by atoms with Gasteiger partial charge in [-0.15, -0.1) is 0 Å². The van der Waals surface area contributed by atoms with Crippen LogP contribution in [0.3, 0.4) is 0 Å². The molecule has 0 bridgehead atoms. The van der Waals surface area contributed by atoms with Gasteiger partial charge in [-0.25, -0.2) is 13.8 Å². The Kier molecular flexibility index (Phi) is 4.41. The lowest BCUT2D eigenvalue weighted by Gasteiger charge is -2.08. The molecule has 0 spiro atoms. The molecular formula is C10H7F2N3O4. The molecule has 19 heavy (non-hydrogen) atoms. The van der Waals surface area contributed by atoms with Crippen LogP contribution in [0.4, 0.5) is 14.5 Å². The van der Waals surface area contributed by atoms with Crippen molar-refractivity contribution in [1.29, 1.82) is 5.26 Å². The zero-order valence-corrected chi connectivity index (χ0v) is 9.59. The molecule has 0 N–H and O–H groups in total. The van der Waals surface area contributed by atoms with Gasteiger partial charge in [0.25, 0.3) is 6.43 Å². The zero-order chi connectivity index (χ0) is 14.6. The molecule has 100 valence electrons. The molecule has 0 aliphatic heterocycles. The van der Waals surface area contributed by atoms with E-state index < -0.39 is 46.2 Å². The van der Waals surface area contributed by atoms with E-state index in [9.17, 15) is 23.7 Å². The molecule has 0 fully saturated rings. The predicted molar refractivity (Wildman–Crippen MR) is 56.3 cm³/mol. The van der Waals surface area contributed by atoms with Gasteiger partial charge in [0.1, 0.15) is 6.07 Å². The van der Waals surface area contributed by atoms with Gasteiger partial charge in [-0.05, 0) is 0 Å². The maximum atomic E-state index is 12.8. The summed E-state index contributed by atoms with van der Waals surface area (Å²) in [5.41, 5.74) is -2.85. The second-order valence-corrected chi connectivity index (χ2v) is 3.31. The van der Waals surface area contributed by atoms with Crippen molar-refractivity contribution in [3.05, 3.63) is 33.1 Å². The summed E-state index contributed by atoms with van der Waals surface area (Å²) >= 11 is 0. The number of hydrogen-bond donors (Lipinski definition) is 0. The van der Waals surface area contributed by atoms with Gasteiger partial charge in [-0.3, -0.25) is 14.9 Å². The fourth-order valence-electron chi connectivity index (χ4n) is 1.42. The van der Waals surface area contributed by atoms with Gasteiger partial charge < -0.3 is 4.74 Å². The van der Waals surface area contributed by atoms with E-state index in [1.807, 2.05) is 0 Å². The first-order chi connectivity index (χ1) is 8.92. The number of rotatable bonds is 4. The second kappa shape index (κ2) is 5.81. The third kappa shape index (κ3) is 2.98. The summed E-state index contributed by atoms with van der Waals surface area (Å²) < 4.78 is 29.8. The summed E-state index contributed by atoms with van der Waals surface area (Å²) in [5, 5.41) is 19.6. The third-order valence-electron chi connectivity index (χ3n) is 2.26. The molecule has 0 unspecified atom stereocenters. The van der Waals surface area contributed by atoms with Gasteiger partial charge in [-0.1, -0.05) is 0 Å². The molecule has 1 aromatic rings. The van der Waals surface area contributed by atoms with Crippen molar-refractivity contribution < 1.29 is 23.2 Å². The highest BCUT2D eigenvalue weighted by Gasteiger charge is 2.29. The minimum Gasteiger partial charge on any atom is -0.469 e. The molecule has 0 aliphatic rings. The van der Waals surface area contributed by atoms with Crippen LogP contribution in [0.15, 0.2) is 6.20 Å². The van der Waals surface area contributed by atoms with Crippen LogP contribution in [0, 0.1) is 21.4 Å². The lowest BCUT2D eigenvalue weighted by atomic mass is 10.0. The molecule has 0 atom stereocenters. The number of aromatic nitrogens is 1. The minimum absolute atomic E-state index is 0.557. The minimum atomic E-state index is -3.06. The summed E-state index contributed by atoms with van der Waals surface area (Å²) in [6.07, 6.45) is -3.14. The highest BCUT2D eigenvalue weighted by molar-refractivity contribution is 5.75. The number of esters is 1. The van der Waals surface area contributed by atoms with Crippen molar-refractivity contribution >= 4 is 11.7 Å². The first kappa shape index (κ1) is 14.4. The van der Waals surface area contributed by atoms with Crippen LogP contribution >= 0.6 is 0 Å². The van der Waals surface area contributed by atoms with Crippen LogP contribution in [-0.2, 0) is 16.0 Å². The average molecular weight is 271 g/mol. The van der Waals surface area contributed by atoms with E-state index >= 15 is 0 Å². The van der Waals surface area contributed by atoms with E-state index in [1.54, 1.807) is 0 Å². The lowest BCUT2D eigenvalue weighted by molar-refractivity contribution is -0.386. The van der Waals surface area contributed by atoms with Gasteiger partial charge in [0, 0.05) is 11.8 Å². The van der Waals surface area contributed by atoms with Crippen molar-refractivity contribution in [2.75, 3.05) is 7.11 Å². The molecule has 1 heterocycles. The van der Waals surface area contributed by atoms with Crippen molar-refractivity contribution in [2.45, 2.75) is 12.8 Å². The number of alkyl halides is 2. The molecule has 9 heteroatoms. The van der Waals surface area contributed by atoms with E-state index in [2.05, 4.69) is 9.72 Å². The Balaban J connectivity index is 3.54. The average Bonchev–Trinajstić information content (AvgIpc) is 2.36. The van der Waals surface area contributed by atoms with Gasteiger partial charge in [-0.2, -0.15) is 5.26 Å². The summed E-state index contributed by atoms with van der Waals surface area (Å²) in [6, 6.07) is 1.42. The SMILES string of the molecule is COC(=O)Cc1c(C(F)F)cnc(C#N)c1[N+](=O)[O-]. The second-order valence-electron chi connectivity index (χ2n) is 3.31. The number of nitro groups is 1. The van der Waals surface area contributed by atoms with Crippen LogP contribution in [0.1, 0.15) is 23.2 Å². The van der Waals surface area contributed by atoms with E-state index in [0.717, 1.165) is 7.11 Å². The van der Waals surface area contributed by atoms with Crippen LogP contribution in [0.2, 0.25) is 0 Å². The summed E-state index contributed by atoms with van der Waals surface area (Å²) in [4.78, 5) is 24.3. The van der Waals surface area contributed by atoms with E-state index in [0.29, 0.717) is 6.20 Å². The quantitative estimate of drug-likeness (QED) is 0.466. The van der Waals surface area contributed by atoms with Gasteiger partial charge in [0.15, 0.2) is 0 Å². The molecule has 1 rings (SSSR count). The topological polar surface area (TPSA) is 106 Å². The fourth-order valence-corrected chi connectivity index (χ4v) is 1.42. The van der Waals surface area contributed by atoms with E-state index in [1.165, 1.54) is 6.07 Å². The van der Waals surface area contributed by atoms with Crippen LogP contribution < -0.4 is 0 Å². The Morgan fingerprint density at radius 3 is 2.74 bits per heavy atom. The van der Waals surface area contributed by atoms with Crippen LogP contribution in [0.25, 0.3) is 0 Å². The highest BCUT2D eigenvalue weighted by atomic mass is 19.3. The first-order valence-corrected chi connectivity index (χ1v) is 4.83. The number of hydrogen-bond acceptors (Lipinski definition) is 6. The molecule has 0 aliphatic carbocycles. The van der Waals surface area contributed by atoms with E-state index in [-0.39, 0.29) is 0 Å². The highest BCUT2D eigenvalue weighted by Crippen LogP contribution is 2.31. The largest absolute Gasteiger partial charge is 0.469 e.